The summed E-state index contributed by atoms with van der Waals surface area (Å²) in [6, 6.07) is 0. The second kappa shape index (κ2) is 4.81. The molecular formula is C12H25NO2. The Bertz CT molecular complexity index is 206. The molecule has 0 bridgehead atoms. The van der Waals surface area contributed by atoms with E-state index in [0.717, 1.165) is 32.1 Å². The molecule has 1 aliphatic rings. The standard InChI is InChI=1S/C12H25NO2/c1-11(2,15-3)7-8-12(9-13)6-4-5-10(12)14/h10,14H,4-9,13H2,1-3H3. The maximum atomic E-state index is 9.99. The number of hydrogen-bond acceptors (Lipinski definition) is 3. The summed E-state index contributed by atoms with van der Waals surface area (Å²) < 4.78 is 5.40. The van der Waals surface area contributed by atoms with E-state index >= 15 is 0 Å². The Balaban J connectivity index is 2.54. The third kappa shape index (κ3) is 2.92. The molecule has 0 aromatic rings. The smallest absolute Gasteiger partial charge is 0.0623 e. The zero-order chi connectivity index (χ0) is 11.5. The van der Waals surface area contributed by atoms with Crippen LogP contribution in [0.2, 0.25) is 0 Å². The van der Waals surface area contributed by atoms with Crippen LogP contribution in [0.3, 0.4) is 0 Å². The van der Waals surface area contributed by atoms with Crippen molar-refractivity contribution in [1.82, 2.24) is 0 Å². The molecular weight excluding hydrogens is 190 g/mol. The van der Waals surface area contributed by atoms with Gasteiger partial charge in [0.2, 0.25) is 0 Å². The van der Waals surface area contributed by atoms with Gasteiger partial charge in [-0.3, -0.25) is 0 Å². The summed E-state index contributed by atoms with van der Waals surface area (Å²) in [5.74, 6) is 0. The summed E-state index contributed by atoms with van der Waals surface area (Å²) in [4.78, 5) is 0. The molecule has 0 aliphatic heterocycles. The highest BCUT2D eigenvalue weighted by atomic mass is 16.5. The van der Waals surface area contributed by atoms with Gasteiger partial charge in [-0.2, -0.15) is 0 Å². The fourth-order valence-corrected chi connectivity index (χ4v) is 2.40. The summed E-state index contributed by atoms with van der Waals surface area (Å²) in [5.41, 5.74) is 5.68. The maximum absolute atomic E-state index is 9.99. The summed E-state index contributed by atoms with van der Waals surface area (Å²) in [6.45, 7) is 4.76. The van der Waals surface area contributed by atoms with Crippen molar-refractivity contribution in [2.24, 2.45) is 11.1 Å². The lowest BCUT2D eigenvalue weighted by atomic mass is 9.77. The minimum atomic E-state index is -0.213. The van der Waals surface area contributed by atoms with Crippen LogP contribution in [0, 0.1) is 5.41 Å². The predicted molar refractivity (Wildman–Crippen MR) is 61.7 cm³/mol. The fourth-order valence-electron chi connectivity index (χ4n) is 2.40. The third-order valence-electron chi connectivity index (χ3n) is 4.04. The van der Waals surface area contributed by atoms with Crippen molar-refractivity contribution in [3.8, 4) is 0 Å². The second-order valence-electron chi connectivity index (χ2n) is 5.44. The molecule has 1 fully saturated rings. The van der Waals surface area contributed by atoms with E-state index in [1.54, 1.807) is 7.11 Å². The lowest BCUT2D eigenvalue weighted by Crippen LogP contribution is -2.39. The molecule has 0 aromatic heterocycles. The normalized spacial score (nSPS) is 32.2. The summed E-state index contributed by atoms with van der Waals surface area (Å²) in [7, 11) is 1.74. The van der Waals surface area contributed by atoms with Gasteiger partial charge in [0.1, 0.15) is 0 Å². The van der Waals surface area contributed by atoms with E-state index in [1.165, 1.54) is 0 Å². The molecule has 1 rings (SSSR count). The average molecular weight is 215 g/mol. The molecule has 0 aromatic carbocycles. The van der Waals surface area contributed by atoms with Gasteiger partial charge in [0.15, 0.2) is 0 Å². The van der Waals surface area contributed by atoms with Crippen LogP contribution < -0.4 is 5.73 Å². The number of hydrogen-bond donors (Lipinski definition) is 2. The molecule has 3 nitrogen and oxygen atoms in total. The van der Waals surface area contributed by atoms with Gasteiger partial charge in [0, 0.05) is 19.1 Å². The lowest BCUT2D eigenvalue weighted by molar-refractivity contribution is -0.0132. The molecule has 1 aliphatic carbocycles. The lowest BCUT2D eigenvalue weighted by Gasteiger charge is -2.34. The van der Waals surface area contributed by atoms with Crippen molar-refractivity contribution in [3.05, 3.63) is 0 Å². The highest BCUT2D eigenvalue weighted by molar-refractivity contribution is 4.94. The van der Waals surface area contributed by atoms with Crippen molar-refractivity contribution >= 4 is 0 Å². The van der Waals surface area contributed by atoms with Crippen LogP contribution in [0.1, 0.15) is 46.0 Å². The number of ether oxygens (including phenoxy) is 1. The van der Waals surface area contributed by atoms with E-state index in [4.69, 9.17) is 10.5 Å². The Morgan fingerprint density at radius 2 is 2.20 bits per heavy atom. The van der Waals surface area contributed by atoms with Crippen LogP contribution in [-0.2, 0) is 4.74 Å². The fraction of sp³-hybridized carbons (Fsp3) is 1.00. The predicted octanol–water partition coefficient (Wildman–Crippen LogP) is 1.68. The molecule has 15 heavy (non-hydrogen) atoms. The van der Waals surface area contributed by atoms with Gasteiger partial charge in [-0.05, 0) is 39.5 Å². The van der Waals surface area contributed by atoms with Gasteiger partial charge in [-0.15, -0.1) is 0 Å². The number of methoxy groups -OCH3 is 1. The molecule has 1 saturated carbocycles. The first-order chi connectivity index (χ1) is 6.96. The van der Waals surface area contributed by atoms with Crippen molar-refractivity contribution in [1.29, 1.82) is 0 Å². The Kier molecular flexibility index (Phi) is 4.15. The van der Waals surface area contributed by atoms with E-state index in [9.17, 15) is 5.11 Å². The highest BCUT2D eigenvalue weighted by Gasteiger charge is 2.41. The maximum Gasteiger partial charge on any atom is 0.0623 e. The number of rotatable bonds is 5. The van der Waals surface area contributed by atoms with Crippen LogP contribution in [-0.4, -0.2) is 30.5 Å². The zero-order valence-corrected chi connectivity index (χ0v) is 10.3. The quantitative estimate of drug-likeness (QED) is 0.733. The number of aliphatic hydroxyl groups is 1. The molecule has 3 heteroatoms. The second-order valence-corrected chi connectivity index (χ2v) is 5.44. The topological polar surface area (TPSA) is 55.5 Å². The molecule has 3 N–H and O–H groups in total. The number of aliphatic hydroxyl groups excluding tert-OH is 1. The molecule has 2 atom stereocenters. The minimum Gasteiger partial charge on any atom is -0.393 e. The van der Waals surface area contributed by atoms with Gasteiger partial charge < -0.3 is 15.6 Å². The van der Waals surface area contributed by atoms with Gasteiger partial charge in [0.05, 0.1) is 11.7 Å². The van der Waals surface area contributed by atoms with Gasteiger partial charge in [0.25, 0.3) is 0 Å². The zero-order valence-electron chi connectivity index (χ0n) is 10.3. The first-order valence-corrected chi connectivity index (χ1v) is 5.89. The van der Waals surface area contributed by atoms with E-state index < -0.39 is 0 Å². The van der Waals surface area contributed by atoms with Crippen molar-refractivity contribution in [2.75, 3.05) is 13.7 Å². The molecule has 0 saturated heterocycles. The van der Waals surface area contributed by atoms with E-state index in [1.807, 2.05) is 0 Å². The van der Waals surface area contributed by atoms with E-state index in [2.05, 4.69) is 13.8 Å². The van der Waals surface area contributed by atoms with Crippen molar-refractivity contribution < 1.29 is 9.84 Å². The minimum absolute atomic E-state index is 0.0458. The van der Waals surface area contributed by atoms with E-state index in [0.29, 0.717) is 6.54 Å². The summed E-state index contributed by atoms with van der Waals surface area (Å²) in [6.07, 6.45) is 4.78. The highest BCUT2D eigenvalue weighted by Crippen LogP contribution is 2.42. The molecule has 0 spiro atoms. The van der Waals surface area contributed by atoms with Crippen LogP contribution in [0.5, 0.6) is 0 Å². The SMILES string of the molecule is COC(C)(C)CCC1(CN)CCCC1O. The molecule has 0 amide bonds. The average Bonchev–Trinajstić information content (AvgIpc) is 2.58. The molecule has 0 heterocycles. The Hall–Kier alpha value is -0.120. The molecule has 2 unspecified atom stereocenters. The van der Waals surface area contributed by atoms with Crippen LogP contribution in [0.15, 0.2) is 0 Å². The van der Waals surface area contributed by atoms with Gasteiger partial charge >= 0.3 is 0 Å². The van der Waals surface area contributed by atoms with Crippen molar-refractivity contribution in [3.63, 3.8) is 0 Å². The Labute approximate surface area is 93.0 Å². The summed E-state index contributed by atoms with van der Waals surface area (Å²) in [5, 5.41) is 9.99. The molecule has 90 valence electrons. The van der Waals surface area contributed by atoms with Crippen molar-refractivity contribution in [2.45, 2.75) is 57.7 Å². The first-order valence-electron chi connectivity index (χ1n) is 5.89. The van der Waals surface area contributed by atoms with Gasteiger partial charge in [-0.1, -0.05) is 6.42 Å². The number of nitrogens with two attached hydrogens (primary N) is 1. The van der Waals surface area contributed by atoms with Gasteiger partial charge in [-0.25, -0.2) is 0 Å². The molecule has 0 radical (unpaired) electrons. The monoisotopic (exact) mass is 215 g/mol. The third-order valence-corrected chi connectivity index (χ3v) is 4.04. The van der Waals surface area contributed by atoms with E-state index in [-0.39, 0.29) is 17.1 Å². The van der Waals surface area contributed by atoms with Crippen LogP contribution >= 0.6 is 0 Å². The van der Waals surface area contributed by atoms with Crippen LogP contribution in [0.25, 0.3) is 0 Å². The van der Waals surface area contributed by atoms with Crippen LogP contribution in [0.4, 0.5) is 0 Å². The first kappa shape index (κ1) is 12.9. The Morgan fingerprint density at radius 1 is 1.53 bits per heavy atom. The largest absolute Gasteiger partial charge is 0.393 e. The Morgan fingerprint density at radius 3 is 2.60 bits per heavy atom. The summed E-state index contributed by atoms with van der Waals surface area (Å²) >= 11 is 0.